The Morgan fingerprint density at radius 1 is 1.06 bits per heavy atom. The second-order valence-corrected chi connectivity index (χ2v) is 9.68. The third-order valence-electron chi connectivity index (χ3n) is 5.57. The van der Waals surface area contributed by atoms with Crippen molar-refractivity contribution in [3.8, 4) is 5.75 Å². The zero-order valence-electron chi connectivity index (χ0n) is 18.4. The number of aromatic nitrogens is 1. The summed E-state index contributed by atoms with van der Waals surface area (Å²) in [5.41, 5.74) is 1.52. The molecule has 1 amide bonds. The first kappa shape index (κ1) is 23.4. The van der Waals surface area contributed by atoms with Crippen molar-refractivity contribution in [1.82, 2.24) is 4.98 Å². The van der Waals surface area contributed by atoms with Crippen molar-refractivity contribution in [2.75, 3.05) is 11.5 Å². The molecule has 1 unspecified atom stereocenters. The highest BCUT2D eigenvalue weighted by atomic mass is 35.5. The number of rotatable bonds is 5. The van der Waals surface area contributed by atoms with Crippen LogP contribution in [0, 0.1) is 0 Å². The van der Waals surface area contributed by atoms with Crippen LogP contribution in [0.15, 0.2) is 72.3 Å². The molecule has 35 heavy (non-hydrogen) atoms. The van der Waals surface area contributed by atoms with Gasteiger partial charge in [-0.15, -0.1) is 0 Å². The van der Waals surface area contributed by atoms with Gasteiger partial charge in [0.1, 0.15) is 11.5 Å². The van der Waals surface area contributed by atoms with Gasteiger partial charge in [0.15, 0.2) is 5.13 Å². The van der Waals surface area contributed by atoms with Gasteiger partial charge < -0.3 is 9.84 Å². The molecule has 1 aliphatic heterocycles. The average molecular weight is 525 g/mol. The van der Waals surface area contributed by atoms with Gasteiger partial charge in [0.25, 0.3) is 5.78 Å². The summed E-state index contributed by atoms with van der Waals surface area (Å²) >= 11 is 13.6. The van der Waals surface area contributed by atoms with Crippen LogP contribution in [0.3, 0.4) is 0 Å². The summed E-state index contributed by atoms with van der Waals surface area (Å²) in [5, 5.41) is 12.6. The van der Waals surface area contributed by atoms with Crippen molar-refractivity contribution in [2.45, 2.75) is 13.0 Å². The van der Waals surface area contributed by atoms with Gasteiger partial charge >= 0.3 is 5.91 Å². The fourth-order valence-corrected chi connectivity index (χ4v) is 5.53. The summed E-state index contributed by atoms with van der Waals surface area (Å²) in [6.45, 7) is 2.29. The minimum absolute atomic E-state index is 0.0526. The maximum Gasteiger partial charge on any atom is 0.301 e. The summed E-state index contributed by atoms with van der Waals surface area (Å²) in [5.74, 6) is -1.37. The first-order chi connectivity index (χ1) is 16.9. The van der Waals surface area contributed by atoms with Crippen molar-refractivity contribution in [2.24, 2.45) is 0 Å². The minimum atomic E-state index is -0.930. The zero-order chi connectivity index (χ0) is 24.7. The van der Waals surface area contributed by atoms with Crippen molar-refractivity contribution in [3.05, 3.63) is 93.5 Å². The highest BCUT2D eigenvalue weighted by Crippen LogP contribution is 2.45. The summed E-state index contributed by atoms with van der Waals surface area (Å²) in [7, 11) is 0. The average Bonchev–Trinajstić information content (AvgIpc) is 3.37. The van der Waals surface area contributed by atoms with Crippen LogP contribution < -0.4 is 9.64 Å². The highest BCUT2D eigenvalue weighted by molar-refractivity contribution is 7.22. The number of aliphatic hydroxyl groups excluding tert-OH is 1. The number of carbonyl (C=O) groups is 2. The molecule has 1 atom stereocenters. The van der Waals surface area contributed by atoms with Gasteiger partial charge in [0, 0.05) is 15.6 Å². The maximum absolute atomic E-state index is 13.3. The molecule has 176 valence electrons. The summed E-state index contributed by atoms with van der Waals surface area (Å²) in [4.78, 5) is 32.6. The van der Waals surface area contributed by atoms with E-state index in [1.165, 1.54) is 16.2 Å². The highest BCUT2D eigenvalue weighted by Gasteiger charge is 2.48. The number of halogens is 2. The lowest BCUT2D eigenvalue weighted by atomic mass is 9.95. The number of benzene rings is 3. The number of nitrogens with zero attached hydrogens (tertiary/aromatic N) is 2. The van der Waals surface area contributed by atoms with Crippen molar-refractivity contribution in [1.29, 1.82) is 0 Å². The Morgan fingerprint density at radius 2 is 1.83 bits per heavy atom. The van der Waals surface area contributed by atoms with E-state index in [4.69, 9.17) is 27.9 Å². The normalized spacial score (nSPS) is 17.3. The molecule has 0 bridgehead atoms. The predicted molar refractivity (Wildman–Crippen MR) is 138 cm³/mol. The van der Waals surface area contributed by atoms with E-state index in [0.29, 0.717) is 44.2 Å². The van der Waals surface area contributed by atoms with Crippen molar-refractivity contribution < 1.29 is 19.4 Å². The first-order valence-corrected chi connectivity index (χ1v) is 12.3. The number of thiazole rings is 1. The van der Waals surface area contributed by atoms with Crippen molar-refractivity contribution in [3.63, 3.8) is 0 Å². The fraction of sp³-hybridized carbons (Fsp3) is 0.115. The first-order valence-electron chi connectivity index (χ1n) is 10.7. The van der Waals surface area contributed by atoms with E-state index in [0.717, 1.165) is 4.70 Å². The SMILES string of the molecule is CCOc1cccc(/C(O)=C2\C(=O)C(=O)N(c3nc4ccc(Cl)cc4s3)C2c2cccc(Cl)c2)c1. The second kappa shape index (κ2) is 9.34. The molecule has 1 fully saturated rings. The fourth-order valence-electron chi connectivity index (χ4n) is 4.07. The number of ketones is 1. The number of hydrogen-bond acceptors (Lipinski definition) is 6. The van der Waals surface area contributed by atoms with Crippen LogP contribution in [0.4, 0.5) is 5.13 Å². The summed E-state index contributed by atoms with van der Waals surface area (Å²) < 4.78 is 6.30. The van der Waals surface area contributed by atoms with Gasteiger partial charge in [-0.2, -0.15) is 0 Å². The van der Waals surface area contributed by atoms with Crippen molar-refractivity contribution >= 4 is 67.3 Å². The van der Waals surface area contributed by atoms with Crippen LogP contribution >= 0.6 is 34.5 Å². The summed E-state index contributed by atoms with van der Waals surface area (Å²) in [6, 6.07) is 17.9. The van der Waals surface area contributed by atoms with E-state index in [-0.39, 0.29) is 11.3 Å². The molecule has 1 N–H and O–H groups in total. The topological polar surface area (TPSA) is 79.7 Å². The maximum atomic E-state index is 13.3. The number of amides is 1. The Kier molecular flexibility index (Phi) is 6.23. The Bertz CT molecular complexity index is 1510. The molecule has 1 saturated heterocycles. The molecule has 0 radical (unpaired) electrons. The van der Waals surface area contributed by atoms with Crippen LogP contribution in [-0.4, -0.2) is 28.4 Å². The van der Waals surface area contributed by atoms with E-state index in [9.17, 15) is 14.7 Å². The quantitative estimate of drug-likeness (QED) is 0.180. The van der Waals surface area contributed by atoms with Crippen LogP contribution in [0.5, 0.6) is 5.75 Å². The third kappa shape index (κ3) is 4.27. The number of Topliss-reactive ketones (excluding diaryl/α,β-unsaturated/α-hetero) is 1. The largest absolute Gasteiger partial charge is 0.507 e. The van der Waals surface area contributed by atoms with E-state index < -0.39 is 17.7 Å². The molecule has 5 rings (SSSR count). The number of hydrogen-bond donors (Lipinski definition) is 1. The van der Waals surface area contributed by atoms with Gasteiger partial charge in [-0.3, -0.25) is 14.5 Å². The van der Waals surface area contributed by atoms with Gasteiger partial charge in [0.05, 0.1) is 28.4 Å². The third-order valence-corrected chi connectivity index (χ3v) is 7.06. The number of fused-ring (bicyclic) bond motifs is 1. The van der Waals surface area contributed by atoms with E-state index in [1.54, 1.807) is 66.7 Å². The lowest BCUT2D eigenvalue weighted by Crippen LogP contribution is -2.29. The molecule has 4 aromatic rings. The van der Waals surface area contributed by atoms with Crippen LogP contribution in [0.2, 0.25) is 10.0 Å². The predicted octanol–water partition coefficient (Wildman–Crippen LogP) is 6.63. The number of anilines is 1. The summed E-state index contributed by atoms with van der Waals surface area (Å²) in [6.07, 6.45) is 0. The smallest absolute Gasteiger partial charge is 0.301 e. The van der Waals surface area contributed by atoms with Crippen LogP contribution in [0.25, 0.3) is 16.0 Å². The Morgan fingerprint density at radius 3 is 2.60 bits per heavy atom. The Balaban J connectivity index is 1.72. The van der Waals surface area contributed by atoms with E-state index in [2.05, 4.69) is 4.98 Å². The molecular weight excluding hydrogens is 507 g/mol. The van der Waals surface area contributed by atoms with Gasteiger partial charge in [0.2, 0.25) is 0 Å². The van der Waals surface area contributed by atoms with Gasteiger partial charge in [-0.1, -0.05) is 58.8 Å². The molecule has 9 heteroatoms. The molecule has 6 nitrogen and oxygen atoms in total. The monoisotopic (exact) mass is 524 g/mol. The molecule has 0 aliphatic carbocycles. The second-order valence-electron chi connectivity index (χ2n) is 7.79. The lowest BCUT2D eigenvalue weighted by molar-refractivity contribution is -0.132. The number of carbonyl (C=O) groups excluding carboxylic acids is 2. The van der Waals surface area contributed by atoms with Gasteiger partial charge in [-0.05, 0) is 55.0 Å². The zero-order valence-corrected chi connectivity index (χ0v) is 20.7. The molecule has 1 aromatic heterocycles. The molecule has 1 aliphatic rings. The van der Waals surface area contributed by atoms with Crippen LogP contribution in [0.1, 0.15) is 24.1 Å². The van der Waals surface area contributed by atoms with Gasteiger partial charge in [-0.25, -0.2) is 4.98 Å². The molecular formula is C26H18Cl2N2O4S. The number of aliphatic hydroxyl groups is 1. The minimum Gasteiger partial charge on any atom is -0.507 e. The Labute approximate surface area is 215 Å². The molecule has 3 aromatic carbocycles. The lowest BCUT2D eigenvalue weighted by Gasteiger charge is -2.23. The Hall–Kier alpha value is -3.39. The molecule has 2 heterocycles. The molecule has 0 spiro atoms. The standard InChI is InChI=1S/C26H18Cl2N2O4S/c1-2-34-18-8-4-6-15(12-18)23(31)21-22(14-5-3-7-16(27)11-14)30(25(33)24(21)32)26-29-19-10-9-17(28)13-20(19)35-26/h3-13,22,31H,2H2,1H3/b23-21+. The van der Waals surface area contributed by atoms with E-state index in [1.807, 2.05) is 6.92 Å². The molecule has 0 saturated carbocycles. The van der Waals surface area contributed by atoms with Crippen LogP contribution in [-0.2, 0) is 9.59 Å². The van der Waals surface area contributed by atoms with E-state index >= 15 is 0 Å². The number of ether oxygens (including phenoxy) is 1.